The van der Waals surface area contributed by atoms with Crippen molar-refractivity contribution in [1.82, 2.24) is 9.78 Å². The summed E-state index contributed by atoms with van der Waals surface area (Å²) in [4.78, 5) is 2.11. The van der Waals surface area contributed by atoms with Gasteiger partial charge in [-0.1, -0.05) is 0 Å². The molecule has 1 aromatic rings. The Morgan fingerprint density at radius 1 is 1.44 bits per heavy atom. The molecule has 1 aliphatic rings. The molecular weight excluding hydrogens is 208 g/mol. The van der Waals surface area contributed by atoms with E-state index in [9.17, 15) is 0 Å². The van der Waals surface area contributed by atoms with Gasteiger partial charge in [-0.2, -0.15) is 5.10 Å². The molecule has 0 aliphatic carbocycles. The Balaban J connectivity index is 2.11. The van der Waals surface area contributed by atoms with Gasteiger partial charge in [0.1, 0.15) is 0 Å². The second-order valence-corrected chi connectivity index (χ2v) is 4.03. The van der Waals surface area contributed by atoms with E-state index in [1.807, 2.05) is 13.2 Å². The molecule has 1 fully saturated rings. The van der Waals surface area contributed by atoms with Crippen molar-refractivity contribution in [3.63, 3.8) is 0 Å². The van der Waals surface area contributed by atoms with E-state index in [1.54, 1.807) is 18.9 Å². The first kappa shape index (κ1) is 11.4. The minimum atomic E-state index is -0.483. The lowest BCUT2D eigenvalue weighted by molar-refractivity contribution is -0.219. The largest absolute Gasteiger partial charge is 0.350 e. The van der Waals surface area contributed by atoms with Gasteiger partial charge in [0, 0.05) is 39.6 Å². The van der Waals surface area contributed by atoms with Crippen molar-refractivity contribution in [2.75, 3.05) is 32.2 Å². The van der Waals surface area contributed by atoms with Crippen LogP contribution in [0.1, 0.15) is 5.56 Å². The summed E-state index contributed by atoms with van der Waals surface area (Å²) in [5.41, 5.74) is 6.72. The molecule has 0 amide bonds. The standard InChI is InChI=1S/C10H18N4O2/c1-13-5-8(4-11)9(12-13)14-6-10(7-14,15-2)16-3/h5H,4,6-7,11H2,1-3H3. The molecule has 0 radical (unpaired) electrons. The molecule has 2 rings (SSSR count). The lowest BCUT2D eigenvalue weighted by atomic mass is 10.1. The molecular formula is C10H18N4O2. The van der Waals surface area contributed by atoms with E-state index in [4.69, 9.17) is 15.2 Å². The number of nitrogens with two attached hydrogens (primary N) is 1. The van der Waals surface area contributed by atoms with Crippen molar-refractivity contribution >= 4 is 5.82 Å². The van der Waals surface area contributed by atoms with Crippen molar-refractivity contribution in [1.29, 1.82) is 0 Å². The Labute approximate surface area is 94.9 Å². The van der Waals surface area contributed by atoms with E-state index >= 15 is 0 Å². The second kappa shape index (κ2) is 4.04. The first-order valence-corrected chi connectivity index (χ1v) is 5.22. The van der Waals surface area contributed by atoms with Crippen LogP contribution < -0.4 is 10.6 Å². The zero-order valence-electron chi connectivity index (χ0n) is 9.93. The van der Waals surface area contributed by atoms with Gasteiger partial charge in [0.05, 0.1) is 13.1 Å². The van der Waals surface area contributed by atoms with Gasteiger partial charge in [-0.05, 0) is 0 Å². The maximum absolute atomic E-state index is 5.67. The summed E-state index contributed by atoms with van der Waals surface area (Å²) in [6.07, 6.45) is 1.94. The first-order valence-electron chi connectivity index (χ1n) is 5.22. The molecule has 1 aromatic heterocycles. The summed E-state index contributed by atoms with van der Waals surface area (Å²) < 4.78 is 12.4. The molecule has 1 aliphatic heterocycles. The van der Waals surface area contributed by atoms with Crippen LogP contribution in [0.25, 0.3) is 0 Å². The van der Waals surface area contributed by atoms with Crippen LogP contribution >= 0.6 is 0 Å². The number of aromatic nitrogens is 2. The van der Waals surface area contributed by atoms with Crippen LogP contribution in [0, 0.1) is 0 Å². The zero-order valence-corrected chi connectivity index (χ0v) is 9.93. The molecule has 0 bridgehead atoms. The summed E-state index contributed by atoms with van der Waals surface area (Å²) in [6, 6.07) is 0. The SMILES string of the molecule is COC1(OC)CN(c2nn(C)cc2CN)C1. The monoisotopic (exact) mass is 226 g/mol. The fourth-order valence-electron chi connectivity index (χ4n) is 1.96. The summed E-state index contributed by atoms with van der Waals surface area (Å²) in [5.74, 6) is 0.443. The van der Waals surface area contributed by atoms with Gasteiger partial charge in [-0.15, -0.1) is 0 Å². The fourth-order valence-corrected chi connectivity index (χ4v) is 1.96. The van der Waals surface area contributed by atoms with Crippen LogP contribution in [0.15, 0.2) is 6.20 Å². The molecule has 2 heterocycles. The van der Waals surface area contributed by atoms with E-state index in [-0.39, 0.29) is 0 Å². The summed E-state index contributed by atoms with van der Waals surface area (Å²) in [7, 11) is 5.20. The predicted octanol–water partition coefficient (Wildman–Crippen LogP) is -0.312. The fraction of sp³-hybridized carbons (Fsp3) is 0.700. The highest BCUT2D eigenvalue weighted by Gasteiger charge is 2.45. The Morgan fingerprint density at radius 2 is 2.06 bits per heavy atom. The minimum Gasteiger partial charge on any atom is -0.350 e. The van der Waals surface area contributed by atoms with Crippen LogP contribution in [0.5, 0.6) is 0 Å². The number of anilines is 1. The highest BCUT2D eigenvalue weighted by molar-refractivity contribution is 5.49. The first-order chi connectivity index (χ1) is 7.64. The average molecular weight is 226 g/mol. The Hall–Kier alpha value is -1.11. The molecule has 16 heavy (non-hydrogen) atoms. The van der Waals surface area contributed by atoms with E-state index in [2.05, 4.69) is 10.00 Å². The van der Waals surface area contributed by atoms with E-state index in [0.29, 0.717) is 19.6 Å². The Morgan fingerprint density at radius 3 is 2.56 bits per heavy atom. The minimum absolute atomic E-state index is 0.483. The lowest BCUT2D eigenvalue weighted by Gasteiger charge is -2.47. The highest BCUT2D eigenvalue weighted by Crippen LogP contribution is 2.31. The number of nitrogens with zero attached hydrogens (tertiary/aromatic N) is 3. The van der Waals surface area contributed by atoms with Gasteiger partial charge in [0.25, 0.3) is 0 Å². The summed E-state index contributed by atoms with van der Waals surface area (Å²) in [6.45, 7) is 1.86. The van der Waals surface area contributed by atoms with Crippen molar-refractivity contribution in [3.05, 3.63) is 11.8 Å². The smallest absolute Gasteiger partial charge is 0.203 e. The number of rotatable bonds is 4. The second-order valence-electron chi connectivity index (χ2n) is 4.03. The van der Waals surface area contributed by atoms with Gasteiger partial charge in [0.2, 0.25) is 5.79 Å². The average Bonchev–Trinajstić information content (AvgIpc) is 2.60. The number of hydrogen-bond acceptors (Lipinski definition) is 5. The van der Waals surface area contributed by atoms with Crippen molar-refractivity contribution in [2.24, 2.45) is 12.8 Å². The molecule has 0 saturated carbocycles. The van der Waals surface area contributed by atoms with Gasteiger partial charge in [-0.3, -0.25) is 4.68 Å². The lowest BCUT2D eigenvalue weighted by Crippen LogP contribution is -2.64. The van der Waals surface area contributed by atoms with Gasteiger partial charge < -0.3 is 20.1 Å². The number of ether oxygens (including phenoxy) is 2. The number of hydrogen-bond donors (Lipinski definition) is 1. The molecule has 0 spiro atoms. The topological polar surface area (TPSA) is 65.5 Å². The molecule has 0 aromatic carbocycles. The zero-order chi connectivity index (χ0) is 11.8. The molecule has 90 valence electrons. The van der Waals surface area contributed by atoms with Crippen molar-refractivity contribution < 1.29 is 9.47 Å². The molecule has 0 unspecified atom stereocenters. The Bertz CT molecular complexity index is 365. The quantitative estimate of drug-likeness (QED) is 0.713. The normalized spacial score (nSPS) is 18.6. The Kier molecular flexibility index (Phi) is 2.88. The molecule has 6 heteroatoms. The van der Waals surface area contributed by atoms with Gasteiger partial charge in [0.15, 0.2) is 5.82 Å². The van der Waals surface area contributed by atoms with Crippen LogP contribution in [0.2, 0.25) is 0 Å². The number of methoxy groups -OCH3 is 2. The van der Waals surface area contributed by atoms with E-state index < -0.39 is 5.79 Å². The van der Waals surface area contributed by atoms with Crippen molar-refractivity contribution in [2.45, 2.75) is 12.3 Å². The summed E-state index contributed by atoms with van der Waals surface area (Å²) in [5, 5.41) is 4.39. The van der Waals surface area contributed by atoms with Crippen LogP contribution in [-0.2, 0) is 23.1 Å². The molecule has 1 saturated heterocycles. The third kappa shape index (κ3) is 1.68. The van der Waals surface area contributed by atoms with Crippen LogP contribution in [0.4, 0.5) is 5.82 Å². The number of aryl methyl sites for hydroxylation is 1. The summed E-state index contributed by atoms with van der Waals surface area (Å²) >= 11 is 0. The highest BCUT2D eigenvalue weighted by atomic mass is 16.7. The molecule has 2 N–H and O–H groups in total. The third-order valence-corrected chi connectivity index (χ3v) is 3.01. The third-order valence-electron chi connectivity index (χ3n) is 3.01. The van der Waals surface area contributed by atoms with Crippen molar-refractivity contribution in [3.8, 4) is 0 Å². The van der Waals surface area contributed by atoms with Gasteiger partial charge >= 0.3 is 0 Å². The van der Waals surface area contributed by atoms with E-state index in [1.165, 1.54) is 0 Å². The predicted molar refractivity (Wildman–Crippen MR) is 60.1 cm³/mol. The van der Waals surface area contributed by atoms with E-state index in [0.717, 1.165) is 11.4 Å². The molecule has 0 atom stereocenters. The van der Waals surface area contributed by atoms with Gasteiger partial charge in [-0.25, -0.2) is 0 Å². The van der Waals surface area contributed by atoms with Crippen LogP contribution in [-0.4, -0.2) is 42.9 Å². The maximum Gasteiger partial charge on any atom is 0.203 e. The molecule has 6 nitrogen and oxygen atoms in total. The maximum atomic E-state index is 5.67. The van der Waals surface area contributed by atoms with Crippen LogP contribution in [0.3, 0.4) is 0 Å².